The first-order valence-electron chi connectivity index (χ1n) is 5.93. The molecule has 0 spiro atoms. The summed E-state index contributed by atoms with van der Waals surface area (Å²) < 4.78 is 0. The summed E-state index contributed by atoms with van der Waals surface area (Å²) in [6, 6.07) is 0.0165. The van der Waals surface area contributed by atoms with Crippen LogP contribution in [0.1, 0.15) is 43.6 Å². The van der Waals surface area contributed by atoms with Gasteiger partial charge in [-0.25, -0.2) is 4.98 Å². The van der Waals surface area contributed by atoms with Gasteiger partial charge in [-0.15, -0.1) is 5.10 Å². The van der Waals surface area contributed by atoms with Gasteiger partial charge < -0.3 is 10.0 Å². The SMILES string of the molecule is CCCc1nc(C(=O)N(CCO)C(C)C)n[nH]1. The van der Waals surface area contributed by atoms with E-state index in [0.29, 0.717) is 6.54 Å². The predicted molar refractivity (Wildman–Crippen MR) is 63.6 cm³/mol. The maximum Gasteiger partial charge on any atom is 0.293 e. The van der Waals surface area contributed by atoms with Crippen molar-refractivity contribution in [2.24, 2.45) is 0 Å². The molecule has 0 aliphatic heterocycles. The Labute approximate surface area is 101 Å². The Hall–Kier alpha value is -1.43. The highest BCUT2D eigenvalue weighted by Gasteiger charge is 2.21. The van der Waals surface area contributed by atoms with Gasteiger partial charge in [0.05, 0.1) is 6.61 Å². The number of nitrogens with zero attached hydrogens (tertiary/aromatic N) is 3. The second kappa shape index (κ2) is 6.34. The zero-order valence-corrected chi connectivity index (χ0v) is 10.6. The third-order valence-electron chi connectivity index (χ3n) is 2.43. The second-order valence-corrected chi connectivity index (χ2v) is 4.17. The van der Waals surface area contributed by atoms with Gasteiger partial charge in [0.1, 0.15) is 5.82 Å². The van der Waals surface area contributed by atoms with Crippen LogP contribution >= 0.6 is 0 Å². The molecule has 1 heterocycles. The van der Waals surface area contributed by atoms with E-state index in [1.54, 1.807) is 4.90 Å². The van der Waals surface area contributed by atoms with Crippen LogP contribution in [0.2, 0.25) is 0 Å². The first-order chi connectivity index (χ1) is 8.10. The maximum atomic E-state index is 12.1. The highest BCUT2D eigenvalue weighted by atomic mass is 16.3. The van der Waals surface area contributed by atoms with Crippen LogP contribution in [0.25, 0.3) is 0 Å². The number of carbonyl (C=O) groups excluding carboxylic acids is 1. The van der Waals surface area contributed by atoms with Crippen molar-refractivity contribution in [3.05, 3.63) is 11.6 Å². The standard InChI is InChI=1S/C11H20N4O2/c1-4-5-9-12-10(14-13-9)11(17)15(6-7-16)8(2)3/h8,16H,4-7H2,1-3H3,(H,12,13,14). The molecule has 2 N–H and O–H groups in total. The van der Waals surface area contributed by atoms with Crippen LogP contribution in [-0.4, -0.2) is 50.3 Å². The van der Waals surface area contributed by atoms with Crippen molar-refractivity contribution < 1.29 is 9.90 Å². The number of aryl methyl sites for hydroxylation is 1. The molecule has 0 radical (unpaired) electrons. The Kier molecular flexibility index (Phi) is 5.09. The molecule has 0 unspecified atom stereocenters. The number of carbonyl (C=O) groups is 1. The van der Waals surface area contributed by atoms with Crippen LogP contribution in [-0.2, 0) is 6.42 Å². The summed E-state index contributed by atoms with van der Waals surface area (Å²) in [4.78, 5) is 17.8. The van der Waals surface area contributed by atoms with Crippen molar-refractivity contribution in [1.29, 1.82) is 0 Å². The normalized spacial score (nSPS) is 10.9. The van der Waals surface area contributed by atoms with Crippen molar-refractivity contribution >= 4 is 5.91 Å². The van der Waals surface area contributed by atoms with Gasteiger partial charge in [0.25, 0.3) is 5.91 Å². The van der Waals surface area contributed by atoms with E-state index in [0.717, 1.165) is 18.7 Å². The lowest BCUT2D eigenvalue weighted by molar-refractivity contribution is 0.0653. The summed E-state index contributed by atoms with van der Waals surface area (Å²) in [5.74, 6) is 0.659. The molecule has 1 amide bonds. The number of hydrogen-bond donors (Lipinski definition) is 2. The minimum Gasteiger partial charge on any atom is -0.395 e. The third kappa shape index (κ3) is 3.52. The van der Waals surface area contributed by atoms with Crippen LogP contribution in [0.15, 0.2) is 0 Å². The first-order valence-corrected chi connectivity index (χ1v) is 5.93. The van der Waals surface area contributed by atoms with Crippen molar-refractivity contribution in [1.82, 2.24) is 20.1 Å². The Bertz CT molecular complexity index is 362. The van der Waals surface area contributed by atoms with Gasteiger partial charge in [-0.05, 0) is 20.3 Å². The van der Waals surface area contributed by atoms with E-state index in [1.807, 2.05) is 20.8 Å². The smallest absolute Gasteiger partial charge is 0.293 e. The van der Waals surface area contributed by atoms with Gasteiger partial charge >= 0.3 is 0 Å². The number of hydrogen-bond acceptors (Lipinski definition) is 4. The van der Waals surface area contributed by atoms with Crippen LogP contribution in [0.3, 0.4) is 0 Å². The maximum absolute atomic E-state index is 12.1. The molecule has 6 nitrogen and oxygen atoms in total. The van der Waals surface area contributed by atoms with Gasteiger partial charge in [-0.1, -0.05) is 6.92 Å². The van der Waals surface area contributed by atoms with Gasteiger partial charge in [0.2, 0.25) is 5.82 Å². The van der Waals surface area contributed by atoms with E-state index >= 15 is 0 Å². The van der Waals surface area contributed by atoms with Crippen LogP contribution in [0, 0.1) is 0 Å². The number of aliphatic hydroxyl groups is 1. The molecule has 96 valence electrons. The molecular formula is C11H20N4O2. The van der Waals surface area contributed by atoms with Crippen LogP contribution in [0.5, 0.6) is 0 Å². The van der Waals surface area contributed by atoms with E-state index < -0.39 is 0 Å². The molecule has 1 rings (SSSR count). The quantitative estimate of drug-likeness (QED) is 0.763. The summed E-state index contributed by atoms with van der Waals surface area (Å²) in [6.45, 7) is 6.07. The lowest BCUT2D eigenvalue weighted by Gasteiger charge is -2.24. The molecule has 1 aromatic rings. The van der Waals surface area contributed by atoms with Crippen molar-refractivity contribution in [3.63, 3.8) is 0 Å². The Balaban J connectivity index is 2.78. The van der Waals surface area contributed by atoms with E-state index in [2.05, 4.69) is 15.2 Å². The van der Waals surface area contributed by atoms with Crippen molar-refractivity contribution in [2.45, 2.75) is 39.7 Å². The fourth-order valence-electron chi connectivity index (χ4n) is 1.57. The fraction of sp³-hybridized carbons (Fsp3) is 0.727. The van der Waals surface area contributed by atoms with E-state index in [1.165, 1.54) is 0 Å². The molecule has 17 heavy (non-hydrogen) atoms. The summed E-state index contributed by atoms with van der Waals surface area (Å²) in [6.07, 6.45) is 1.73. The van der Waals surface area contributed by atoms with Gasteiger partial charge in [0.15, 0.2) is 0 Å². The molecule has 0 saturated heterocycles. The Morgan fingerprint density at radius 3 is 2.76 bits per heavy atom. The molecule has 0 aliphatic rings. The van der Waals surface area contributed by atoms with Gasteiger partial charge in [-0.3, -0.25) is 9.89 Å². The number of amides is 1. The summed E-state index contributed by atoms with van der Waals surface area (Å²) in [5.41, 5.74) is 0. The fourth-order valence-corrected chi connectivity index (χ4v) is 1.57. The number of aliphatic hydroxyl groups excluding tert-OH is 1. The molecule has 0 bridgehead atoms. The van der Waals surface area contributed by atoms with E-state index in [9.17, 15) is 4.79 Å². The van der Waals surface area contributed by atoms with Gasteiger partial charge in [0, 0.05) is 19.0 Å². The molecular weight excluding hydrogens is 220 g/mol. The lowest BCUT2D eigenvalue weighted by atomic mass is 10.3. The zero-order valence-electron chi connectivity index (χ0n) is 10.6. The van der Waals surface area contributed by atoms with Crippen LogP contribution < -0.4 is 0 Å². The zero-order chi connectivity index (χ0) is 12.8. The molecule has 0 aromatic carbocycles. The number of H-pyrrole nitrogens is 1. The lowest BCUT2D eigenvalue weighted by Crippen LogP contribution is -2.39. The molecule has 1 aromatic heterocycles. The minimum absolute atomic E-state index is 0.0165. The molecule has 0 aliphatic carbocycles. The number of aromatic nitrogens is 3. The molecule has 0 fully saturated rings. The molecule has 0 atom stereocenters. The van der Waals surface area contributed by atoms with Crippen molar-refractivity contribution in [3.8, 4) is 0 Å². The minimum atomic E-state index is -0.243. The first kappa shape index (κ1) is 13.6. The highest BCUT2D eigenvalue weighted by Crippen LogP contribution is 2.05. The Morgan fingerprint density at radius 1 is 1.53 bits per heavy atom. The number of nitrogens with one attached hydrogen (secondary N) is 1. The average molecular weight is 240 g/mol. The largest absolute Gasteiger partial charge is 0.395 e. The topological polar surface area (TPSA) is 82.1 Å². The predicted octanol–water partition coefficient (Wildman–Crippen LogP) is 0.600. The van der Waals surface area contributed by atoms with Crippen molar-refractivity contribution in [2.75, 3.05) is 13.2 Å². The average Bonchev–Trinajstić information content (AvgIpc) is 2.73. The number of aromatic amines is 1. The second-order valence-electron chi connectivity index (χ2n) is 4.17. The third-order valence-corrected chi connectivity index (χ3v) is 2.43. The number of rotatable bonds is 6. The van der Waals surface area contributed by atoms with E-state index in [-0.39, 0.29) is 24.4 Å². The monoisotopic (exact) mass is 240 g/mol. The summed E-state index contributed by atoms with van der Waals surface area (Å²) >= 11 is 0. The Morgan fingerprint density at radius 2 is 2.24 bits per heavy atom. The molecule has 6 heteroatoms. The summed E-state index contributed by atoms with van der Waals surface area (Å²) in [5, 5.41) is 15.6. The molecule has 0 saturated carbocycles. The van der Waals surface area contributed by atoms with Crippen LogP contribution in [0.4, 0.5) is 0 Å². The summed E-state index contributed by atoms with van der Waals surface area (Å²) in [7, 11) is 0. The van der Waals surface area contributed by atoms with E-state index in [4.69, 9.17) is 5.11 Å². The highest BCUT2D eigenvalue weighted by molar-refractivity contribution is 5.90. The van der Waals surface area contributed by atoms with Gasteiger partial charge in [-0.2, -0.15) is 0 Å².